The highest BCUT2D eigenvalue weighted by molar-refractivity contribution is 5.60. The van der Waals surface area contributed by atoms with Crippen LogP contribution in [0.25, 0.3) is 22.6 Å². The molecule has 1 saturated heterocycles. The molecule has 1 aromatic carbocycles. The normalized spacial score (nSPS) is 18.1. The Balaban J connectivity index is 1.45. The lowest BCUT2D eigenvalue weighted by atomic mass is 10.1. The molecule has 1 N–H and O–H groups in total. The highest BCUT2D eigenvalue weighted by Crippen LogP contribution is 2.29. The van der Waals surface area contributed by atoms with Crippen LogP contribution in [0.15, 0.2) is 48.9 Å². The summed E-state index contributed by atoms with van der Waals surface area (Å²) in [6.07, 6.45) is 1.66. The van der Waals surface area contributed by atoms with Crippen LogP contribution in [0, 0.1) is 0 Å². The van der Waals surface area contributed by atoms with Gasteiger partial charge < -0.3 is 4.98 Å². The van der Waals surface area contributed by atoms with Crippen LogP contribution in [-0.4, -0.2) is 50.6 Å². The van der Waals surface area contributed by atoms with Gasteiger partial charge in [-0.05, 0) is 13.0 Å². The number of nitrogens with zero attached hydrogens (tertiary/aromatic N) is 4. The van der Waals surface area contributed by atoms with Crippen molar-refractivity contribution in [2.75, 3.05) is 19.6 Å². The molecule has 140 valence electrons. The van der Waals surface area contributed by atoms with E-state index in [0.717, 1.165) is 11.1 Å². The largest absolute Gasteiger partial charge is 0.401 e. The maximum Gasteiger partial charge on any atom is 0.401 e. The zero-order chi connectivity index (χ0) is 18.9. The number of hydrogen-bond donors (Lipinski definition) is 1. The molecule has 1 aliphatic heterocycles. The molecule has 2 aromatic heterocycles. The molecule has 4 rings (SSSR count). The Kier molecular flexibility index (Phi) is 4.65. The molecule has 0 radical (unpaired) electrons. The summed E-state index contributed by atoms with van der Waals surface area (Å²) < 4.78 is 37.6. The molecule has 0 spiro atoms. The fraction of sp³-hybridized carbons (Fsp3) is 0.316. The first-order valence-electron chi connectivity index (χ1n) is 8.70. The van der Waals surface area contributed by atoms with E-state index in [0.29, 0.717) is 36.9 Å². The summed E-state index contributed by atoms with van der Waals surface area (Å²) >= 11 is 0. The topological polar surface area (TPSA) is 57.7 Å². The molecule has 5 nitrogen and oxygen atoms in total. The highest BCUT2D eigenvalue weighted by atomic mass is 19.4. The minimum absolute atomic E-state index is 0.0226. The number of alkyl halides is 3. The number of imidazole rings is 1. The molecule has 1 fully saturated rings. The minimum atomic E-state index is -4.17. The molecule has 1 aliphatic rings. The first-order valence-corrected chi connectivity index (χ1v) is 8.70. The number of rotatable bonds is 4. The Labute approximate surface area is 154 Å². The standard InChI is InChI=1S/C19H18F3N5/c20-19(21,22)12-27-7-6-14(11-27)18-25-10-16(26-18)15-8-23-17(24-9-15)13-4-2-1-3-5-13/h1-5,8-10,14H,6-7,11-12H2,(H,25,26)/t14-/m0/s1. The summed E-state index contributed by atoms with van der Waals surface area (Å²) in [6, 6.07) is 9.66. The van der Waals surface area contributed by atoms with Crippen molar-refractivity contribution in [3.8, 4) is 22.6 Å². The van der Waals surface area contributed by atoms with E-state index in [1.807, 2.05) is 30.3 Å². The summed E-state index contributed by atoms with van der Waals surface area (Å²) in [4.78, 5) is 17.8. The van der Waals surface area contributed by atoms with Crippen LogP contribution in [0.5, 0.6) is 0 Å². The SMILES string of the molecule is FC(F)(F)CN1CC[C@H](c2nc(-c3cnc(-c4ccccc4)nc3)c[nH]2)C1. The summed E-state index contributed by atoms with van der Waals surface area (Å²) in [7, 11) is 0. The van der Waals surface area contributed by atoms with Crippen molar-refractivity contribution >= 4 is 0 Å². The van der Waals surface area contributed by atoms with Gasteiger partial charge in [-0.2, -0.15) is 13.2 Å². The van der Waals surface area contributed by atoms with Crippen molar-refractivity contribution in [1.82, 2.24) is 24.8 Å². The van der Waals surface area contributed by atoms with Gasteiger partial charge in [-0.15, -0.1) is 0 Å². The van der Waals surface area contributed by atoms with E-state index in [1.165, 1.54) is 4.90 Å². The van der Waals surface area contributed by atoms with Crippen LogP contribution in [0.3, 0.4) is 0 Å². The first kappa shape index (κ1) is 17.7. The third-order valence-corrected chi connectivity index (χ3v) is 4.64. The number of likely N-dealkylation sites (tertiary alicyclic amines) is 1. The van der Waals surface area contributed by atoms with E-state index in [9.17, 15) is 13.2 Å². The number of aromatic amines is 1. The molecule has 0 unspecified atom stereocenters. The third-order valence-electron chi connectivity index (χ3n) is 4.64. The van der Waals surface area contributed by atoms with Gasteiger partial charge in [-0.1, -0.05) is 30.3 Å². The first-order chi connectivity index (χ1) is 13.0. The molecule has 0 amide bonds. The van der Waals surface area contributed by atoms with E-state index >= 15 is 0 Å². The lowest BCUT2D eigenvalue weighted by Gasteiger charge is -2.17. The second-order valence-electron chi connectivity index (χ2n) is 6.67. The molecule has 3 heterocycles. The number of nitrogens with one attached hydrogen (secondary N) is 1. The van der Waals surface area contributed by atoms with Crippen LogP contribution >= 0.6 is 0 Å². The molecule has 3 aromatic rings. The Morgan fingerprint density at radius 2 is 1.81 bits per heavy atom. The van der Waals surface area contributed by atoms with Crippen molar-refractivity contribution in [2.24, 2.45) is 0 Å². The predicted octanol–water partition coefficient (Wildman–Crippen LogP) is 3.89. The van der Waals surface area contributed by atoms with E-state index in [-0.39, 0.29) is 5.92 Å². The van der Waals surface area contributed by atoms with E-state index < -0.39 is 12.7 Å². The average molecular weight is 373 g/mol. The summed E-state index contributed by atoms with van der Waals surface area (Å²) in [6.45, 7) is -0.0865. The Hall–Kier alpha value is -2.74. The lowest BCUT2D eigenvalue weighted by molar-refractivity contribution is -0.143. The lowest BCUT2D eigenvalue weighted by Crippen LogP contribution is -2.32. The average Bonchev–Trinajstić information content (AvgIpc) is 3.31. The van der Waals surface area contributed by atoms with Crippen LogP contribution in [0.4, 0.5) is 13.2 Å². The van der Waals surface area contributed by atoms with Gasteiger partial charge in [0.25, 0.3) is 0 Å². The summed E-state index contributed by atoms with van der Waals surface area (Å²) in [5, 5.41) is 0. The van der Waals surface area contributed by atoms with Crippen molar-refractivity contribution in [2.45, 2.75) is 18.5 Å². The van der Waals surface area contributed by atoms with Crippen LogP contribution < -0.4 is 0 Å². The number of benzene rings is 1. The smallest absolute Gasteiger partial charge is 0.348 e. The summed E-state index contributed by atoms with van der Waals surface area (Å²) in [5.41, 5.74) is 2.39. The Morgan fingerprint density at radius 1 is 1.07 bits per heavy atom. The summed E-state index contributed by atoms with van der Waals surface area (Å²) in [5.74, 6) is 1.32. The van der Waals surface area contributed by atoms with Crippen molar-refractivity contribution < 1.29 is 13.2 Å². The van der Waals surface area contributed by atoms with Crippen molar-refractivity contribution in [1.29, 1.82) is 0 Å². The van der Waals surface area contributed by atoms with Gasteiger partial charge in [0.2, 0.25) is 0 Å². The van der Waals surface area contributed by atoms with E-state index in [2.05, 4.69) is 19.9 Å². The number of aromatic nitrogens is 4. The molecule has 8 heteroatoms. The van der Waals surface area contributed by atoms with Gasteiger partial charge in [-0.25, -0.2) is 15.0 Å². The maximum absolute atomic E-state index is 12.5. The van der Waals surface area contributed by atoms with Gasteiger partial charge in [0.1, 0.15) is 5.82 Å². The fourth-order valence-electron chi connectivity index (χ4n) is 3.34. The van der Waals surface area contributed by atoms with Crippen LogP contribution in [0.1, 0.15) is 18.2 Å². The second-order valence-corrected chi connectivity index (χ2v) is 6.67. The van der Waals surface area contributed by atoms with Crippen molar-refractivity contribution in [3.63, 3.8) is 0 Å². The monoisotopic (exact) mass is 373 g/mol. The molecule has 0 saturated carbocycles. The fourth-order valence-corrected chi connectivity index (χ4v) is 3.34. The molecule has 27 heavy (non-hydrogen) atoms. The van der Waals surface area contributed by atoms with E-state index in [4.69, 9.17) is 0 Å². The Morgan fingerprint density at radius 3 is 2.52 bits per heavy atom. The molecular weight excluding hydrogens is 355 g/mol. The van der Waals surface area contributed by atoms with Gasteiger partial charge in [0.15, 0.2) is 5.82 Å². The van der Waals surface area contributed by atoms with Gasteiger partial charge in [-0.3, -0.25) is 4.90 Å². The van der Waals surface area contributed by atoms with Gasteiger partial charge in [0.05, 0.1) is 12.2 Å². The van der Waals surface area contributed by atoms with Gasteiger partial charge in [0, 0.05) is 42.2 Å². The van der Waals surface area contributed by atoms with Crippen LogP contribution in [0.2, 0.25) is 0 Å². The number of hydrogen-bond acceptors (Lipinski definition) is 4. The zero-order valence-electron chi connectivity index (χ0n) is 14.4. The number of halogens is 3. The zero-order valence-corrected chi connectivity index (χ0v) is 14.4. The minimum Gasteiger partial charge on any atom is -0.348 e. The maximum atomic E-state index is 12.5. The molecule has 0 bridgehead atoms. The van der Waals surface area contributed by atoms with Crippen molar-refractivity contribution in [3.05, 3.63) is 54.7 Å². The highest BCUT2D eigenvalue weighted by Gasteiger charge is 2.35. The number of H-pyrrole nitrogens is 1. The molecule has 1 atom stereocenters. The van der Waals surface area contributed by atoms with E-state index in [1.54, 1.807) is 18.6 Å². The molecule has 0 aliphatic carbocycles. The van der Waals surface area contributed by atoms with Crippen LogP contribution in [-0.2, 0) is 0 Å². The second kappa shape index (κ2) is 7.11. The van der Waals surface area contributed by atoms with Gasteiger partial charge >= 0.3 is 6.18 Å². The third kappa shape index (κ3) is 4.16. The predicted molar refractivity (Wildman–Crippen MR) is 94.9 cm³/mol. The Bertz CT molecular complexity index is 890. The molecular formula is C19H18F3N5. The quantitative estimate of drug-likeness (QED) is 0.754.